The Morgan fingerprint density at radius 3 is 2.56 bits per heavy atom. The van der Waals surface area contributed by atoms with Crippen molar-refractivity contribution in [3.05, 3.63) is 53.5 Å². The van der Waals surface area contributed by atoms with Gasteiger partial charge in [-0.25, -0.2) is 4.79 Å². The molecule has 1 saturated heterocycles. The molecule has 27 heavy (non-hydrogen) atoms. The van der Waals surface area contributed by atoms with Crippen LogP contribution in [-0.2, 0) is 9.53 Å². The smallest absolute Gasteiger partial charge is 0.337 e. The quantitative estimate of drug-likeness (QED) is 0.836. The molecule has 1 fully saturated rings. The standard InChI is InChI=1S/C20H22N2O5/c1-13-5-6-15(20(25)26-2)12-16(13)21-18(23)14-7-9-22(10-8-14)19(24)17-4-3-11-27-17/h3-6,11-12,14H,7-10H2,1-2H3,(H,21,23). The van der Waals surface area contributed by atoms with Crippen molar-refractivity contribution in [3.8, 4) is 0 Å². The van der Waals surface area contributed by atoms with Gasteiger partial charge in [0.15, 0.2) is 5.76 Å². The molecule has 0 spiro atoms. The number of piperidine rings is 1. The topological polar surface area (TPSA) is 88.9 Å². The molecule has 7 nitrogen and oxygen atoms in total. The molecule has 7 heteroatoms. The Labute approximate surface area is 157 Å². The first-order valence-electron chi connectivity index (χ1n) is 8.82. The van der Waals surface area contributed by atoms with Crippen LogP contribution < -0.4 is 5.32 Å². The highest BCUT2D eigenvalue weighted by atomic mass is 16.5. The Balaban J connectivity index is 1.60. The van der Waals surface area contributed by atoms with Crippen molar-refractivity contribution in [3.63, 3.8) is 0 Å². The second-order valence-electron chi connectivity index (χ2n) is 6.55. The predicted molar refractivity (Wildman–Crippen MR) is 98.5 cm³/mol. The van der Waals surface area contributed by atoms with Gasteiger partial charge in [0.25, 0.3) is 5.91 Å². The highest BCUT2D eigenvalue weighted by Gasteiger charge is 2.29. The van der Waals surface area contributed by atoms with E-state index in [1.165, 1.54) is 13.4 Å². The van der Waals surface area contributed by atoms with E-state index in [0.717, 1.165) is 5.56 Å². The molecule has 0 atom stereocenters. The van der Waals surface area contributed by atoms with E-state index >= 15 is 0 Å². The molecule has 2 heterocycles. The van der Waals surface area contributed by atoms with Gasteiger partial charge in [-0.1, -0.05) is 6.07 Å². The van der Waals surface area contributed by atoms with Crippen LogP contribution in [0.2, 0.25) is 0 Å². The van der Waals surface area contributed by atoms with Gasteiger partial charge < -0.3 is 19.4 Å². The summed E-state index contributed by atoms with van der Waals surface area (Å²) in [5.74, 6) is -0.582. The molecule has 3 rings (SSSR count). The molecular formula is C20H22N2O5. The van der Waals surface area contributed by atoms with Crippen LogP contribution in [0.3, 0.4) is 0 Å². The number of anilines is 1. The van der Waals surface area contributed by atoms with Crippen molar-refractivity contribution in [1.29, 1.82) is 0 Å². The van der Waals surface area contributed by atoms with E-state index in [1.54, 1.807) is 35.2 Å². The number of hydrogen-bond donors (Lipinski definition) is 1. The minimum Gasteiger partial charge on any atom is -0.465 e. The van der Waals surface area contributed by atoms with Crippen LogP contribution in [0.4, 0.5) is 5.69 Å². The van der Waals surface area contributed by atoms with Gasteiger partial charge in [0, 0.05) is 24.7 Å². The molecule has 0 unspecified atom stereocenters. The van der Waals surface area contributed by atoms with Gasteiger partial charge >= 0.3 is 5.97 Å². The third kappa shape index (κ3) is 4.19. The molecule has 1 aromatic heterocycles. The van der Waals surface area contributed by atoms with Gasteiger partial charge in [-0.05, 0) is 49.6 Å². The number of hydrogen-bond acceptors (Lipinski definition) is 5. The number of ether oxygens (including phenoxy) is 1. The number of nitrogens with one attached hydrogen (secondary N) is 1. The van der Waals surface area contributed by atoms with E-state index in [9.17, 15) is 14.4 Å². The van der Waals surface area contributed by atoms with Crippen molar-refractivity contribution in [2.24, 2.45) is 5.92 Å². The Kier molecular flexibility index (Phi) is 5.59. The van der Waals surface area contributed by atoms with Gasteiger partial charge in [-0.15, -0.1) is 0 Å². The fourth-order valence-corrected chi connectivity index (χ4v) is 3.14. The lowest BCUT2D eigenvalue weighted by Gasteiger charge is -2.30. The van der Waals surface area contributed by atoms with Crippen molar-refractivity contribution in [2.75, 3.05) is 25.5 Å². The van der Waals surface area contributed by atoms with Gasteiger partial charge in [0.05, 0.1) is 18.9 Å². The van der Waals surface area contributed by atoms with Crippen LogP contribution in [-0.4, -0.2) is 42.9 Å². The third-order valence-electron chi connectivity index (χ3n) is 4.80. The summed E-state index contributed by atoms with van der Waals surface area (Å²) in [5.41, 5.74) is 1.84. The lowest BCUT2D eigenvalue weighted by molar-refractivity contribution is -0.121. The minimum absolute atomic E-state index is 0.106. The molecule has 2 amide bonds. The number of amides is 2. The lowest BCUT2D eigenvalue weighted by atomic mass is 9.95. The summed E-state index contributed by atoms with van der Waals surface area (Å²) < 4.78 is 9.87. The molecule has 0 aliphatic carbocycles. The number of likely N-dealkylation sites (tertiary alicyclic amines) is 1. The van der Waals surface area contributed by atoms with Crippen molar-refractivity contribution in [2.45, 2.75) is 19.8 Å². The van der Waals surface area contributed by atoms with Crippen LogP contribution >= 0.6 is 0 Å². The zero-order valence-corrected chi connectivity index (χ0v) is 15.4. The van der Waals surface area contributed by atoms with Gasteiger partial charge in [-0.3, -0.25) is 9.59 Å². The average Bonchev–Trinajstić information content (AvgIpc) is 3.23. The van der Waals surface area contributed by atoms with Crippen molar-refractivity contribution >= 4 is 23.5 Å². The highest BCUT2D eigenvalue weighted by Crippen LogP contribution is 2.23. The minimum atomic E-state index is -0.449. The SMILES string of the molecule is COC(=O)c1ccc(C)c(NC(=O)C2CCN(C(=O)c3ccco3)CC2)c1. The van der Waals surface area contributed by atoms with Gasteiger partial charge in [0.1, 0.15) is 0 Å². The lowest BCUT2D eigenvalue weighted by Crippen LogP contribution is -2.41. The van der Waals surface area contributed by atoms with E-state index in [2.05, 4.69) is 5.32 Å². The summed E-state index contributed by atoms with van der Waals surface area (Å²) in [4.78, 5) is 38.3. The third-order valence-corrected chi connectivity index (χ3v) is 4.80. The number of benzene rings is 1. The molecule has 1 aliphatic rings. The fraction of sp³-hybridized carbons (Fsp3) is 0.350. The molecular weight excluding hydrogens is 348 g/mol. The Bertz CT molecular complexity index is 836. The second kappa shape index (κ2) is 8.07. The first kappa shape index (κ1) is 18.7. The Morgan fingerprint density at radius 2 is 1.93 bits per heavy atom. The maximum Gasteiger partial charge on any atom is 0.337 e. The summed E-state index contributed by atoms with van der Waals surface area (Å²) >= 11 is 0. The summed E-state index contributed by atoms with van der Waals surface area (Å²) in [6.07, 6.45) is 2.63. The summed E-state index contributed by atoms with van der Waals surface area (Å²) in [6, 6.07) is 8.37. The zero-order valence-electron chi connectivity index (χ0n) is 15.4. The first-order valence-corrected chi connectivity index (χ1v) is 8.82. The molecule has 142 valence electrons. The highest BCUT2D eigenvalue weighted by molar-refractivity contribution is 5.96. The van der Waals surface area contributed by atoms with E-state index < -0.39 is 5.97 Å². The first-order chi connectivity index (χ1) is 13.0. The predicted octanol–water partition coefficient (Wildman–Crippen LogP) is 2.87. The Morgan fingerprint density at radius 1 is 1.19 bits per heavy atom. The summed E-state index contributed by atoms with van der Waals surface area (Å²) in [5, 5.41) is 2.90. The molecule has 2 aromatic rings. The van der Waals surface area contributed by atoms with Crippen molar-refractivity contribution < 1.29 is 23.5 Å². The second-order valence-corrected chi connectivity index (χ2v) is 6.55. The maximum absolute atomic E-state index is 12.6. The normalized spacial score (nSPS) is 14.7. The maximum atomic E-state index is 12.6. The fourth-order valence-electron chi connectivity index (χ4n) is 3.14. The molecule has 0 bridgehead atoms. The molecule has 1 aromatic carbocycles. The molecule has 0 radical (unpaired) electrons. The van der Waals surface area contributed by atoms with Gasteiger partial charge in [0.2, 0.25) is 5.91 Å². The number of carbonyl (C=O) groups excluding carboxylic acids is 3. The number of methoxy groups -OCH3 is 1. The van der Waals surface area contributed by atoms with Crippen LogP contribution in [0, 0.1) is 12.8 Å². The number of esters is 1. The number of carbonyl (C=O) groups is 3. The number of furan rings is 1. The Hall–Kier alpha value is -3.09. The number of aryl methyl sites for hydroxylation is 1. The van der Waals surface area contributed by atoms with Crippen molar-refractivity contribution in [1.82, 2.24) is 4.90 Å². The average molecular weight is 370 g/mol. The van der Waals surface area contributed by atoms with Gasteiger partial charge in [-0.2, -0.15) is 0 Å². The molecule has 1 N–H and O–H groups in total. The van der Waals surface area contributed by atoms with E-state index in [1.807, 2.05) is 6.92 Å². The molecule has 0 saturated carbocycles. The van der Waals surface area contributed by atoms with E-state index in [-0.39, 0.29) is 17.7 Å². The number of nitrogens with zero attached hydrogens (tertiary/aromatic N) is 1. The molecule has 1 aliphatic heterocycles. The van der Waals surface area contributed by atoms with E-state index in [0.29, 0.717) is 42.9 Å². The van der Waals surface area contributed by atoms with E-state index in [4.69, 9.17) is 9.15 Å². The van der Waals surface area contributed by atoms with Crippen LogP contribution in [0.25, 0.3) is 0 Å². The van der Waals surface area contributed by atoms with Crippen LogP contribution in [0.1, 0.15) is 39.3 Å². The monoisotopic (exact) mass is 370 g/mol. The van der Waals surface area contributed by atoms with Crippen LogP contribution in [0.5, 0.6) is 0 Å². The largest absolute Gasteiger partial charge is 0.465 e. The zero-order chi connectivity index (χ0) is 19.4. The van der Waals surface area contributed by atoms with Crippen LogP contribution in [0.15, 0.2) is 41.0 Å². The summed E-state index contributed by atoms with van der Waals surface area (Å²) in [7, 11) is 1.32. The summed E-state index contributed by atoms with van der Waals surface area (Å²) in [6.45, 7) is 2.86. The number of rotatable bonds is 4.